The lowest BCUT2D eigenvalue weighted by Gasteiger charge is -2.35. The standard InChI is InChI=1S/C15H31NO2/c1-4-5-13-6-7-15(18)14(10-13)11-16(3)9-8-12(2)17/h12-15,17-18H,4-11H2,1-3H3. The van der Waals surface area contributed by atoms with Gasteiger partial charge in [-0.05, 0) is 51.5 Å². The molecule has 108 valence electrons. The minimum Gasteiger partial charge on any atom is -0.393 e. The van der Waals surface area contributed by atoms with Gasteiger partial charge < -0.3 is 15.1 Å². The van der Waals surface area contributed by atoms with Crippen LogP contribution in [0.4, 0.5) is 0 Å². The van der Waals surface area contributed by atoms with E-state index in [0.29, 0.717) is 5.92 Å². The molecule has 1 aliphatic rings. The van der Waals surface area contributed by atoms with Crippen LogP contribution in [0.2, 0.25) is 0 Å². The zero-order valence-electron chi connectivity index (χ0n) is 12.3. The summed E-state index contributed by atoms with van der Waals surface area (Å²) in [5.74, 6) is 1.24. The zero-order valence-corrected chi connectivity index (χ0v) is 12.3. The normalized spacial score (nSPS) is 30.7. The molecule has 0 amide bonds. The molecule has 0 spiro atoms. The van der Waals surface area contributed by atoms with Gasteiger partial charge in [-0.1, -0.05) is 19.8 Å². The Morgan fingerprint density at radius 3 is 2.67 bits per heavy atom. The average molecular weight is 257 g/mol. The third-order valence-electron chi connectivity index (χ3n) is 4.22. The average Bonchev–Trinajstić information content (AvgIpc) is 2.31. The quantitative estimate of drug-likeness (QED) is 0.735. The predicted molar refractivity (Wildman–Crippen MR) is 75.5 cm³/mol. The van der Waals surface area contributed by atoms with E-state index in [1.165, 1.54) is 25.7 Å². The Balaban J connectivity index is 2.33. The van der Waals surface area contributed by atoms with Crippen LogP contribution in [-0.4, -0.2) is 47.5 Å². The highest BCUT2D eigenvalue weighted by Gasteiger charge is 2.29. The fourth-order valence-electron chi connectivity index (χ4n) is 3.11. The SMILES string of the molecule is CCCC1CCC(O)C(CN(C)CCC(C)O)C1. The lowest BCUT2D eigenvalue weighted by Crippen LogP contribution is -2.38. The Morgan fingerprint density at radius 1 is 1.33 bits per heavy atom. The third-order valence-corrected chi connectivity index (χ3v) is 4.22. The monoisotopic (exact) mass is 257 g/mol. The first-order valence-corrected chi connectivity index (χ1v) is 7.57. The van der Waals surface area contributed by atoms with Gasteiger partial charge in [-0.2, -0.15) is 0 Å². The van der Waals surface area contributed by atoms with Gasteiger partial charge in [-0.3, -0.25) is 0 Å². The van der Waals surface area contributed by atoms with Gasteiger partial charge in [-0.15, -0.1) is 0 Å². The van der Waals surface area contributed by atoms with Crippen LogP contribution < -0.4 is 0 Å². The summed E-state index contributed by atoms with van der Waals surface area (Å²) in [5, 5.41) is 19.4. The van der Waals surface area contributed by atoms with Crippen molar-refractivity contribution >= 4 is 0 Å². The summed E-state index contributed by atoms with van der Waals surface area (Å²) in [5.41, 5.74) is 0. The molecule has 0 aromatic carbocycles. The first-order chi connectivity index (χ1) is 8.52. The van der Waals surface area contributed by atoms with E-state index in [-0.39, 0.29) is 12.2 Å². The van der Waals surface area contributed by atoms with Crippen LogP contribution in [0.1, 0.15) is 52.4 Å². The van der Waals surface area contributed by atoms with Crippen LogP contribution in [-0.2, 0) is 0 Å². The fourth-order valence-corrected chi connectivity index (χ4v) is 3.11. The van der Waals surface area contributed by atoms with Crippen molar-refractivity contribution in [1.29, 1.82) is 0 Å². The molecule has 0 aromatic rings. The smallest absolute Gasteiger partial charge is 0.0580 e. The van der Waals surface area contributed by atoms with E-state index in [0.717, 1.165) is 31.8 Å². The van der Waals surface area contributed by atoms with Gasteiger partial charge >= 0.3 is 0 Å². The van der Waals surface area contributed by atoms with Gasteiger partial charge in [0.1, 0.15) is 0 Å². The summed E-state index contributed by atoms with van der Waals surface area (Å²) in [4.78, 5) is 2.26. The van der Waals surface area contributed by atoms with Crippen LogP contribution in [0.15, 0.2) is 0 Å². The van der Waals surface area contributed by atoms with E-state index in [4.69, 9.17) is 0 Å². The maximum absolute atomic E-state index is 10.1. The van der Waals surface area contributed by atoms with Crippen molar-refractivity contribution in [1.82, 2.24) is 4.90 Å². The van der Waals surface area contributed by atoms with Crippen molar-refractivity contribution in [3.05, 3.63) is 0 Å². The molecule has 3 heteroatoms. The first-order valence-electron chi connectivity index (χ1n) is 7.57. The minimum absolute atomic E-state index is 0.118. The molecule has 0 saturated heterocycles. The van der Waals surface area contributed by atoms with Crippen molar-refractivity contribution in [3.8, 4) is 0 Å². The minimum atomic E-state index is -0.225. The van der Waals surface area contributed by atoms with Crippen LogP contribution >= 0.6 is 0 Å². The van der Waals surface area contributed by atoms with Crippen molar-refractivity contribution in [2.24, 2.45) is 11.8 Å². The van der Waals surface area contributed by atoms with Crippen LogP contribution in [0.5, 0.6) is 0 Å². The molecule has 0 aromatic heterocycles. The summed E-state index contributed by atoms with van der Waals surface area (Å²) in [6.07, 6.45) is 6.38. The Bertz CT molecular complexity index is 221. The number of aliphatic hydroxyl groups is 2. The number of hydrogen-bond acceptors (Lipinski definition) is 3. The highest BCUT2D eigenvalue weighted by molar-refractivity contribution is 4.81. The van der Waals surface area contributed by atoms with Crippen molar-refractivity contribution in [3.63, 3.8) is 0 Å². The highest BCUT2D eigenvalue weighted by Crippen LogP contribution is 2.32. The molecule has 1 aliphatic carbocycles. The maximum Gasteiger partial charge on any atom is 0.0580 e. The van der Waals surface area contributed by atoms with Crippen LogP contribution in [0, 0.1) is 11.8 Å². The molecule has 1 rings (SSSR count). The van der Waals surface area contributed by atoms with E-state index in [1.807, 2.05) is 6.92 Å². The lowest BCUT2D eigenvalue weighted by atomic mass is 9.77. The number of rotatable bonds is 7. The van der Waals surface area contributed by atoms with E-state index in [1.54, 1.807) is 0 Å². The molecule has 0 radical (unpaired) electrons. The molecule has 0 aliphatic heterocycles. The molecule has 2 N–H and O–H groups in total. The third kappa shape index (κ3) is 5.68. The molecular weight excluding hydrogens is 226 g/mol. The summed E-state index contributed by atoms with van der Waals surface area (Å²) in [6.45, 7) is 5.96. The lowest BCUT2D eigenvalue weighted by molar-refractivity contribution is 0.0280. The molecule has 0 heterocycles. The second-order valence-corrected chi connectivity index (χ2v) is 6.20. The molecule has 4 atom stereocenters. The first kappa shape index (κ1) is 15.9. The topological polar surface area (TPSA) is 43.7 Å². The molecule has 3 nitrogen and oxygen atoms in total. The Kier molecular flexibility index (Phi) is 7.20. The van der Waals surface area contributed by atoms with Gasteiger partial charge in [0.25, 0.3) is 0 Å². The molecule has 0 bridgehead atoms. The molecule has 4 unspecified atom stereocenters. The van der Waals surface area contributed by atoms with Gasteiger partial charge in [0.05, 0.1) is 12.2 Å². The Morgan fingerprint density at radius 2 is 2.06 bits per heavy atom. The highest BCUT2D eigenvalue weighted by atomic mass is 16.3. The fraction of sp³-hybridized carbons (Fsp3) is 1.00. The van der Waals surface area contributed by atoms with Gasteiger partial charge in [0.2, 0.25) is 0 Å². The maximum atomic E-state index is 10.1. The zero-order chi connectivity index (χ0) is 13.5. The van der Waals surface area contributed by atoms with Gasteiger partial charge in [-0.25, -0.2) is 0 Å². The summed E-state index contributed by atoms with van der Waals surface area (Å²) in [6, 6.07) is 0. The van der Waals surface area contributed by atoms with E-state index in [2.05, 4.69) is 18.9 Å². The summed E-state index contributed by atoms with van der Waals surface area (Å²) < 4.78 is 0. The van der Waals surface area contributed by atoms with E-state index >= 15 is 0 Å². The number of aliphatic hydroxyl groups excluding tert-OH is 2. The second-order valence-electron chi connectivity index (χ2n) is 6.20. The van der Waals surface area contributed by atoms with Gasteiger partial charge in [0, 0.05) is 13.1 Å². The Labute approximate surface area is 112 Å². The van der Waals surface area contributed by atoms with Crippen molar-refractivity contribution < 1.29 is 10.2 Å². The van der Waals surface area contributed by atoms with Crippen LogP contribution in [0.25, 0.3) is 0 Å². The van der Waals surface area contributed by atoms with Crippen molar-refractivity contribution in [2.45, 2.75) is 64.6 Å². The molecule has 1 fully saturated rings. The van der Waals surface area contributed by atoms with Crippen LogP contribution in [0.3, 0.4) is 0 Å². The van der Waals surface area contributed by atoms with Crippen molar-refractivity contribution in [2.75, 3.05) is 20.1 Å². The summed E-state index contributed by atoms with van der Waals surface area (Å²) in [7, 11) is 2.10. The molecular formula is C15H31NO2. The Hall–Kier alpha value is -0.120. The van der Waals surface area contributed by atoms with E-state index < -0.39 is 0 Å². The number of hydrogen-bond donors (Lipinski definition) is 2. The van der Waals surface area contributed by atoms with E-state index in [9.17, 15) is 10.2 Å². The largest absolute Gasteiger partial charge is 0.393 e. The predicted octanol–water partition coefficient (Wildman–Crippen LogP) is 2.27. The summed E-state index contributed by atoms with van der Waals surface area (Å²) >= 11 is 0. The second kappa shape index (κ2) is 8.13. The molecule has 18 heavy (non-hydrogen) atoms. The number of nitrogens with zero attached hydrogens (tertiary/aromatic N) is 1. The molecule has 1 saturated carbocycles. The van der Waals surface area contributed by atoms with Gasteiger partial charge in [0.15, 0.2) is 0 Å².